The maximum Gasteiger partial charge on any atom is 0.263 e. The first-order valence-electron chi connectivity index (χ1n) is 6.13. The minimum atomic E-state index is -3.68. The van der Waals surface area contributed by atoms with Gasteiger partial charge < -0.3 is 5.73 Å². The maximum atomic E-state index is 12.3. The average molecular weight is 291 g/mol. The van der Waals surface area contributed by atoms with E-state index in [1.54, 1.807) is 31.2 Å². The van der Waals surface area contributed by atoms with E-state index in [0.29, 0.717) is 11.5 Å². The molecule has 1 aromatic carbocycles. The normalized spacial score (nSPS) is 11.3. The molecule has 0 saturated heterocycles. The van der Waals surface area contributed by atoms with E-state index < -0.39 is 10.0 Å². The van der Waals surface area contributed by atoms with Crippen LogP contribution in [0.4, 0.5) is 11.5 Å². The molecular formula is C14H17N3O2S. The lowest BCUT2D eigenvalue weighted by atomic mass is 10.1. The number of rotatable bonds is 3. The van der Waals surface area contributed by atoms with Crippen LogP contribution < -0.4 is 10.5 Å². The molecule has 0 aliphatic rings. The highest BCUT2D eigenvalue weighted by Gasteiger charge is 2.17. The summed E-state index contributed by atoms with van der Waals surface area (Å²) in [7, 11) is -3.68. The second-order valence-corrected chi connectivity index (χ2v) is 6.41. The van der Waals surface area contributed by atoms with Crippen LogP contribution in [0, 0.1) is 20.8 Å². The molecule has 1 heterocycles. The van der Waals surface area contributed by atoms with Gasteiger partial charge in [0.1, 0.15) is 5.82 Å². The first kappa shape index (κ1) is 14.3. The Morgan fingerprint density at radius 2 is 1.85 bits per heavy atom. The quantitative estimate of drug-likeness (QED) is 0.850. The molecule has 2 aromatic rings. The first-order valence-corrected chi connectivity index (χ1v) is 7.61. The molecule has 0 saturated carbocycles. The Kier molecular flexibility index (Phi) is 3.67. The number of sulfonamides is 1. The van der Waals surface area contributed by atoms with Crippen molar-refractivity contribution in [1.29, 1.82) is 0 Å². The summed E-state index contributed by atoms with van der Waals surface area (Å²) in [5.74, 6) is 0.293. The zero-order chi connectivity index (χ0) is 14.9. The van der Waals surface area contributed by atoms with E-state index >= 15 is 0 Å². The Hall–Kier alpha value is -2.08. The van der Waals surface area contributed by atoms with Crippen LogP contribution in [0.2, 0.25) is 0 Å². The number of benzene rings is 1. The largest absolute Gasteiger partial charge is 0.398 e. The van der Waals surface area contributed by atoms with Crippen LogP contribution in [0.3, 0.4) is 0 Å². The van der Waals surface area contributed by atoms with Crippen molar-refractivity contribution in [3.8, 4) is 0 Å². The first-order chi connectivity index (χ1) is 9.29. The molecule has 3 N–H and O–H groups in total. The van der Waals surface area contributed by atoms with Gasteiger partial charge in [0.05, 0.1) is 4.90 Å². The molecule has 0 aliphatic heterocycles. The van der Waals surface area contributed by atoms with Gasteiger partial charge in [-0.05, 0) is 56.2 Å². The number of aryl methyl sites for hydroxylation is 2. The molecule has 0 radical (unpaired) electrons. The lowest BCUT2D eigenvalue weighted by Gasteiger charge is -2.11. The minimum absolute atomic E-state index is 0.140. The lowest BCUT2D eigenvalue weighted by Crippen LogP contribution is -2.15. The molecule has 0 atom stereocenters. The predicted octanol–water partition coefficient (Wildman–Crippen LogP) is 2.39. The van der Waals surface area contributed by atoms with Gasteiger partial charge in [0.25, 0.3) is 10.0 Å². The van der Waals surface area contributed by atoms with Crippen LogP contribution in [0.1, 0.15) is 16.8 Å². The molecule has 0 spiro atoms. The molecule has 0 amide bonds. The number of nitrogens with zero attached hydrogens (tertiary/aromatic N) is 1. The highest BCUT2D eigenvalue weighted by atomic mass is 32.2. The van der Waals surface area contributed by atoms with Crippen molar-refractivity contribution in [2.24, 2.45) is 0 Å². The molecule has 0 fully saturated rings. The molecule has 20 heavy (non-hydrogen) atoms. The van der Waals surface area contributed by atoms with Crippen LogP contribution >= 0.6 is 0 Å². The van der Waals surface area contributed by atoms with Gasteiger partial charge in [0.15, 0.2) is 0 Å². The molecule has 0 unspecified atom stereocenters. The van der Waals surface area contributed by atoms with Crippen molar-refractivity contribution >= 4 is 21.5 Å². The standard InChI is InChI=1S/C14H17N3O2S/c1-9-7-12(8-13(15)11(9)3)20(18,19)17-14-6-4-5-10(2)16-14/h4-8H,15H2,1-3H3,(H,16,17). The number of nitrogen functional groups attached to an aromatic ring is 1. The van der Waals surface area contributed by atoms with E-state index in [9.17, 15) is 8.42 Å². The third-order valence-electron chi connectivity index (χ3n) is 3.12. The average Bonchev–Trinajstić information content (AvgIpc) is 2.34. The predicted molar refractivity (Wildman–Crippen MR) is 80.1 cm³/mol. The zero-order valence-corrected chi connectivity index (χ0v) is 12.5. The Morgan fingerprint density at radius 1 is 1.15 bits per heavy atom. The topological polar surface area (TPSA) is 85.1 Å². The van der Waals surface area contributed by atoms with E-state index in [0.717, 1.165) is 16.8 Å². The van der Waals surface area contributed by atoms with Gasteiger partial charge in [-0.1, -0.05) is 6.07 Å². The van der Waals surface area contributed by atoms with Crippen molar-refractivity contribution in [3.05, 3.63) is 47.2 Å². The van der Waals surface area contributed by atoms with Crippen molar-refractivity contribution in [1.82, 2.24) is 4.98 Å². The van der Waals surface area contributed by atoms with Crippen LogP contribution in [0.15, 0.2) is 35.2 Å². The summed E-state index contributed by atoms with van der Waals surface area (Å²) >= 11 is 0. The second kappa shape index (κ2) is 5.13. The van der Waals surface area contributed by atoms with Crippen LogP contribution in [0.25, 0.3) is 0 Å². The Morgan fingerprint density at radius 3 is 2.45 bits per heavy atom. The minimum Gasteiger partial charge on any atom is -0.398 e. The monoisotopic (exact) mass is 291 g/mol. The number of aromatic nitrogens is 1. The fourth-order valence-electron chi connectivity index (χ4n) is 1.80. The molecule has 2 rings (SSSR count). The summed E-state index contributed by atoms with van der Waals surface area (Å²) in [4.78, 5) is 4.26. The number of anilines is 2. The summed E-state index contributed by atoms with van der Waals surface area (Å²) in [6.07, 6.45) is 0. The van der Waals surface area contributed by atoms with Crippen LogP contribution in [0.5, 0.6) is 0 Å². The van der Waals surface area contributed by atoms with Gasteiger partial charge in [-0.2, -0.15) is 0 Å². The third-order valence-corrected chi connectivity index (χ3v) is 4.45. The van der Waals surface area contributed by atoms with Gasteiger partial charge in [-0.25, -0.2) is 13.4 Å². The Labute approximate surface area is 118 Å². The summed E-state index contributed by atoms with van der Waals surface area (Å²) < 4.78 is 27.1. The summed E-state index contributed by atoms with van der Waals surface area (Å²) in [5.41, 5.74) is 8.75. The van der Waals surface area contributed by atoms with E-state index in [4.69, 9.17) is 5.73 Å². The molecule has 0 aliphatic carbocycles. The van der Waals surface area contributed by atoms with Crippen molar-refractivity contribution in [3.63, 3.8) is 0 Å². The van der Waals surface area contributed by atoms with E-state index in [1.165, 1.54) is 6.07 Å². The molecule has 0 bridgehead atoms. The van der Waals surface area contributed by atoms with Crippen LogP contribution in [-0.4, -0.2) is 13.4 Å². The Balaban J connectivity index is 2.41. The SMILES string of the molecule is Cc1cccc(NS(=O)(=O)c2cc(C)c(C)c(N)c2)n1. The highest BCUT2D eigenvalue weighted by molar-refractivity contribution is 7.92. The van der Waals surface area contributed by atoms with E-state index in [1.807, 2.05) is 13.8 Å². The highest BCUT2D eigenvalue weighted by Crippen LogP contribution is 2.23. The molecule has 1 aromatic heterocycles. The fourth-order valence-corrected chi connectivity index (χ4v) is 2.93. The van der Waals surface area contributed by atoms with Gasteiger partial charge in [0.2, 0.25) is 0 Å². The van der Waals surface area contributed by atoms with Gasteiger partial charge in [-0.15, -0.1) is 0 Å². The summed E-state index contributed by atoms with van der Waals surface area (Å²) in [6, 6.07) is 8.21. The van der Waals surface area contributed by atoms with E-state index in [2.05, 4.69) is 9.71 Å². The number of pyridine rings is 1. The Bertz CT molecular complexity index is 732. The van der Waals surface area contributed by atoms with E-state index in [-0.39, 0.29) is 4.90 Å². The molecule has 6 heteroatoms. The molecule has 106 valence electrons. The number of hydrogen-bond donors (Lipinski definition) is 2. The zero-order valence-electron chi connectivity index (χ0n) is 11.6. The second-order valence-electron chi connectivity index (χ2n) is 4.72. The van der Waals surface area contributed by atoms with Crippen molar-refractivity contribution < 1.29 is 8.42 Å². The maximum absolute atomic E-state index is 12.3. The number of nitrogens with two attached hydrogens (primary N) is 1. The fraction of sp³-hybridized carbons (Fsp3) is 0.214. The summed E-state index contributed by atoms with van der Waals surface area (Å²) in [6.45, 7) is 5.48. The van der Waals surface area contributed by atoms with Gasteiger partial charge >= 0.3 is 0 Å². The van der Waals surface area contributed by atoms with Crippen molar-refractivity contribution in [2.75, 3.05) is 10.5 Å². The lowest BCUT2D eigenvalue weighted by molar-refractivity contribution is 0.601. The van der Waals surface area contributed by atoms with Gasteiger partial charge in [-0.3, -0.25) is 4.72 Å². The van der Waals surface area contributed by atoms with Crippen LogP contribution in [-0.2, 0) is 10.0 Å². The van der Waals surface area contributed by atoms with Crippen molar-refractivity contribution in [2.45, 2.75) is 25.7 Å². The van der Waals surface area contributed by atoms with Gasteiger partial charge in [0, 0.05) is 11.4 Å². The molecule has 5 nitrogen and oxygen atoms in total. The number of nitrogens with one attached hydrogen (secondary N) is 1. The smallest absolute Gasteiger partial charge is 0.263 e. The summed E-state index contributed by atoms with van der Waals surface area (Å²) in [5, 5.41) is 0. The third kappa shape index (κ3) is 2.91. The molecular weight excluding hydrogens is 274 g/mol. The number of hydrogen-bond acceptors (Lipinski definition) is 4.